The molecule has 2 aliphatic rings. The topological polar surface area (TPSA) is 55.1 Å². The summed E-state index contributed by atoms with van der Waals surface area (Å²) in [7, 11) is 0. The average molecular weight is 359 g/mol. The monoisotopic (exact) mass is 358 g/mol. The fourth-order valence-corrected chi connectivity index (χ4v) is 4.99. The molecule has 25 heavy (non-hydrogen) atoms. The fraction of sp³-hybridized carbons (Fsp3) is 0.500. The van der Waals surface area contributed by atoms with E-state index in [-0.39, 0.29) is 11.9 Å². The van der Waals surface area contributed by atoms with Gasteiger partial charge in [0.1, 0.15) is 17.0 Å². The van der Waals surface area contributed by atoms with Gasteiger partial charge in [0.2, 0.25) is 0 Å². The van der Waals surface area contributed by atoms with E-state index < -0.39 is 0 Å². The largest absolute Gasteiger partial charge is 0.360 e. The molecule has 2 saturated carbocycles. The van der Waals surface area contributed by atoms with E-state index in [2.05, 4.69) is 17.4 Å². The highest BCUT2D eigenvalue weighted by Gasteiger charge is 2.42. The summed E-state index contributed by atoms with van der Waals surface area (Å²) in [5, 5.41) is 7.85. The van der Waals surface area contributed by atoms with E-state index in [1.807, 2.05) is 18.2 Å². The van der Waals surface area contributed by atoms with Crippen LogP contribution < -0.4 is 5.32 Å². The van der Waals surface area contributed by atoms with E-state index >= 15 is 0 Å². The van der Waals surface area contributed by atoms with Gasteiger partial charge >= 0.3 is 0 Å². The van der Waals surface area contributed by atoms with Crippen molar-refractivity contribution in [1.29, 1.82) is 0 Å². The number of amides is 1. The number of nitrogens with zero attached hydrogens (tertiary/aromatic N) is 1. The molecule has 0 radical (unpaired) electrons. The van der Waals surface area contributed by atoms with Crippen LogP contribution in [0.1, 0.15) is 48.7 Å². The molecule has 1 N–H and O–H groups in total. The van der Waals surface area contributed by atoms with Gasteiger partial charge in [-0.3, -0.25) is 4.79 Å². The molecule has 1 aromatic heterocycles. The zero-order chi connectivity index (χ0) is 17.6. The Bertz CT molecular complexity index is 801. The molecule has 1 heterocycles. The van der Waals surface area contributed by atoms with Crippen molar-refractivity contribution in [1.82, 2.24) is 10.5 Å². The Morgan fingerprint density at radius 3 is 2.80 bits per heavy atom. The zero-order valence-electron chi connectivity index (χ0n) is 14.6. The van der Waals surface area contributed by atoms with Crippen molar-refractivity contribution in [2.45, 2.75) is 45.6 Å². The van der Waals surface area contributed by atoms with E-state index in [1.165, 1.54) is 25.7 Å². The van der Waals surface area contributed by atoms with Crippen LogP contribution >= 0.6 is 11.6 Å². The Morgan fingerprint density at radius 2 is 2.12 bits per heavy atom. The number of nitrogens with one attached hydrogen (secondary N) is 1. The van der Waals surface area contributed by atoms with E-state index in [0.717, 1.165) is 17.4 Å². The van der Waals surface area contributed by atoms with Crippen LogP contribution in [-0.4, -0.2) is 17.1 Å². The second-order valence-electron chi connectivity index (χ2n) is 7.54. The van der Waals surface area contributed by atoms with Crippen LogP contribution in [0, 0.1) is 24.7 Å². The maximum Gasteiger partial charge on any atom is 0.257 e. The molecule has 2 aliphatic carbocycles. The first-order chi connectivity index (χ1) is 12.0. The summed E-state index contributed by atoms with van der Waals surface area (Å²) in [6, 6.07) is 7.55. The third kappa shape index (κ3) is 2.97. The van der Waals surface area contributed by atoms with Gasteiger partial charge in [0.25, 0.3) is 5.91 Å². The first-order valence-electron chi connectivity index (χ1n) is 9.06. The Balaban J connectivity index is 1.56. The van der Waals surface area contributed by atoms with E-state index in [1.54, 1.807) is 13.0 Å². The van der Waals surface area contributed by atoms with Gasteiger partial charge in [-0.05, 0) is 56.9 Å². The lowest BCUT2D eigenvalue weighted by Gasteiger charge is -2.28. The number of aryl methyl sites for hydroxylation is 1. The molecule has 4 nitrogen and oxygen atoms in total. The van der Waals surface area contributed by atoms with E-state index in [0.29, 0.717) is 28.0 Å². The van der Waals surface area contributed by atoms with Crippen molar-refractivity contribution in [3.8, 4) is 11.3 Å². The molecule has 1 aromatic carbocycles. The standard InChI is InChI=1S/C20H23ClN2O2/c1-11(16-10-13-7-8-14(16)9-13)22-20(24)18-12(2)25-23-19(18)15-5-3-4-6-17(15)21/h3-6,11,13-14,16H,7-10H2,1-2H3,(H,22,24)/t11-,13+,14+,16-/m1/s1. The normalized spacial score (nSPS) is 26.0. The molecule has 4 rings (SSSR count). The number of carbonyl (C=O) groups excluding carboxylic acids is 1. The van der Waals surface area contributed by atoms with Crippen LogP contribution in [0.15, 0.2) is 28.8 Å². The van der Waals surface area contributed by atoms with Crippen molar-refractivity contribution in [3.63, 3.8) is 0 Å². The predicted octanol–water partition coefficient (Wildman–Crippen LogP) is 4.86. The maximum atomic E-state index is 13.0. The number of carbonyl (C=O) groups is 1. The van der Waals surface area contributed by atoms with Crippen molar-refractivity contribution in [2.24, 2.45) is 17.8 Å². The van der Waals surface area contributed by atoms with Gasteiger partial charge in [-0.25, -0.2) is 0 Å². The van der Waals surface area contributed by atoms with Crippen LogP contribution in [0.3, 0.4) is 0 Å². The van der Waals surface area contributed by atoms with Crippen LogP contribution in [0.4, 0.5) is 0 Å². The SMILES string of the molecule is Cc1onc(-c2ccccc2Cl)c1C(=O)N[C@H](C)[C@H]1C[C@H]2CC[C@H]1C2. The lowest BCUT2D eigenvalue weighted by molar-refractivity contribution is 0.0914. The lowest BCUT2D eigenvalue weighted by Crippen LogP contribution is -2.40. The summed E-state index contributed by atoms with van der Waals surface area (Å²) in [6.07, 6.45) is 5.25. The minimum Gasteiger partial charge on any atom is -0.360 e. The molecular formula is C20H23ClN2O2. The van der Waals surface area contributed by atoms with Gasteiger partial charge in [0.05, 0.1) is 5.02 Å². The number of fused-ring (bicyclic) bond motifs is 2. The van der Waals surface area contributed by atoms with Gasteiger partial charge in [0.15, 0.2) is 0 Å². The van der Waals surface area contributed by atoms with Crippen LogP contribution in [-0.2, 0) is 0 Å². The minimum atomic E-state index is -0.121. The van der Waals surface area contributed by atoms with E-state index in [9.17, 15) is 4.79 Å². The second-order valence-corrected chi connectivity index (χ2v) is 7.95. The molecule has 2 fully saturated rings. The van der Waals surface area contributed by atoms with Crippen molar-refractivity contribution >= 4 is 17.5 Å². The molecule has 0 saturated heterocycles. The Kier molecular flexibility index (Phi) is 4.32. The number of benzene rings is 1. The number of aromatic nitrogens is 1. The highest BCUT2D eigenvalue weighted by molar-refractivity contribution is 6.33. The number of hydrogen-bond acceptors (Lipinski definition) is 3. The fourth-order valence-electron chi connectivity index (χ4n) is 4.77. The summed E-state index contributed by atoms with van der Waals surface area (Å²) >= 11 is 6.28. The zero-order valence-corrected chi connectivity index (χ0v) is 15.3. The van der Waals surface area contributed by atoms with Gasteiger partial charge in [0, 0.05) is 11.6 Å². The summed E-state index contributed by atoms with van der Waals surface area (Å²) < 4.78 is 5.31. The first kappa shape index (κ1) is 16.6. The smallest absolute Gasteiger partial charge is 0.257 e. The summed E-state index contributed by atoms with van der Waals surface area (Å²) in [5.41, 5.74) is 1.72. The van der Waals surface area contributed by atoms with Gasteiger partial charge in [-0.1, -0.05) is 41.4 Å². The average Bonchev–Trinajstić information content (AvgIpc) is 3.30. The lowest BCUT2D eigenvalue weighted by atomic mass is 9.84. The second kappa shape index (κ2) is 6.49. The first-order valence-corrected chi connectivity index (χ1v) is 9.44. The van der Waals surface area contributed by atoms with Gasteiger partial charge in [-0.15, -0.1) is 0 Å². The summed E-state index contributed by atoms with van der Waals surface area (Å²) in [6.45, 7) is 3.89. The molecule has 4 atom stereocenters. The molecule has 0 spiro atoms. The molecule has 132 valence electrons. The molecule has 0 unspecified atom stereocenters. The van der Waals surface area contributed by atoms with Crippen molar-refractivity contribution in [2.75, 3.05) is 0 Å². The Hall–Kier alpha value is -1.81. The molecule has 0 aliphatic heterocycles. The Labute approximate surface area is 152 Å². The summed E-state index contributed by atoms with van der Waals surface area (Å²) in [5.74, 6) is 2.63. The molecule has 2 bridgehead atoms. The maximum absolute atomic E-state index is 13.0. The molecule has 2 aromatic rings. The van der Waals surface area contributed by atoms with Crippen molar-refractivity contribution in [3.05, 3.63) is 40.6 Å². The van der Waals surface area contributed by atoms with Gasteiger partial charge in [-0.2, -0.15) is 0 Å². The van der Waals surface area contributed by atoms with Crippen LogP contribution in [0.25, 0.3) is 11.3 Å². The summed E-state index contributed by atoms with van der Waals surface area (Å²) in [4.78, 5) is 13.0. The van der Waals surface area contributed by atoms with Crippen LogP contribution in [0.5, 0.6) is 0 Å². The number of hydrogen-bond donors (Lipinski definition) is 1. The molecule has 5 heteroatoms. The minimum absolute atomic E-state index is 0.121. The quantitative estimate of drug-likeness (QED) is 0.849. The Morgan fingerprint density at radius 1 is 1.32 bits per heavy atom. The highest BCUT2D eigenvalue weighted by Crippen LogP contribution is 2.49. The van der Waals surface area contributed by atoms with E-state index in [4.69, 9.17) is 16.1 Å². The van der Waals surface area contributed by atoms with Crippen molar-refractivity contribution < 1.29 is 9.32 Å². The third-order valence-corrected chi connectivity index (χ3v) is 6.34. The molecule has 1 amide bonds. The van der Waals surface area contributed by atoms with Crippen LogP contribution in [0.2, 0.25) is 5.02 Å². The predicted molar refractivity (Wildman–Crippen MR) is 97.6 cm³/mol. The number of rotatable bonds is 4. The third-order valence-electron chi connectivity index (χ3n) is 6.01. The number of halogens is 1. The molecular weight excluding hydrogens is 336 g/mol. The van der Waals surface area contributed by atoms with Gasteiger partial charge < -0.3 is 9.84 Å². The highest BCUT2D eigenvalue weighted by atomic mass is 35.5.